The van der Waals surface area contributed by atoms with Crippen molar-refractivity contribution in [1.29, 1.82) is 0 Å². The average Bonchev–Trinajstić information content (AvgIpc) is 2.76. The van der Waals surface area contributed by atoms with Crippen molar-refractivity contribution < 1.29 is 26.2 Å². The maximum absolute atomic E-state index is 5.43. The maximum Gasteiger partial charge on any atom is 2.00 e. The SMILES string of the molecule is CC1=CC[C-]=C1.CC1=CC[C-]=C1.C[Si](C)(Cl)Cl.[Zr+2]. The Morgan fingerprint density at radius 3 is 1.28 bits per heavy atom. The van der Waals surface area contributed by atoms with E-state index in [9.17, 15) is 0 Å². The second-order valence-corrected chi connectivity index (χ2v) is 13.2. The molecule has 0 aromatic carbocycles. The molecule has 0 atom stereocenters. The summed E-state index contributed by atoms with van der Waals surface area (Å²) in [6.07, 6.45) is 16.5. The van der Waals surface area contributed by atoms with Crippen LogP contribution in [0.4, 0.5) is 0 Å². The average molecular weight is 379 g/mol. The Hall–Kier alpha value is 0.640. The summed E-state index contributed by atoms with van der Waals surface area (Å²) in [6.45, 7) is 6.21. The molecule has 4 heteroatoms. The monoisotopic (exact) mass is 376 g/mol. The van der Waals surface area contributed by atoms with Crippen LogP contribution in [0.15, 0.2) is 35.5 Å². The van der Waals surface area contributed by atoms with Crippen molar-refractivity contribution in [3.05, 3.63) is 47.6 Å². The van der Waals surface area contributed by atoms with E-state index in [-0.39, 0.29) is 26.2 Å². The molecule has 0 saturated carbocycles. The van der Waals surface area contributed by atoms with Crippen LogP contribution in [0.2, 0.25) is 13.1 Å². The Kier molecular flexibility index (Phi) is 13.3. The zero-order chi connectivity index (χ0) is 13.3. The van der Waals surface area contributed by atoms with Gasteiger partial charge >= 0.3 is 26.2 Å². The standard InChI is InChI=1S/2C6H7.C2H6Cl2Si.Zr/c2*1-6-4-2-3-5-6;1-5(2,3)4;/h2*4-5H,2H2,1H3;1-2H3;/q2*-1;;+2. The molecule has 0 aliphatic heterocycles. The van der Waals surface area contributed by atoms with Crippen molar-refractivity contribution in [2.75, 3.05) is 0 Å². The molecular weight excluding hydrogens is 358 g/mol. The number of rotatable bonds is 0. The van der Waals surface area contributed by atoms with Gasteiger partial charge in [0, 0.05) is 0 Å². The first-order chi connectivity index (χ1) is 7.79. The first-order valence-corrected chi connectivity index (χ1v) is 10.7. The van der Waals surface area contributed by atoms with Gasteiger partial charge in [0.05, 0.1) is 0 Å². The summed E-state index contributed by atoms with van der Waals surface area (Å²) >= 11 is 10.9. The number of allylic oxidation sites excluding steroid dienone is 8. The van der Waals surface area contributed by atoms with Gasteiger partial charge in [-0.25, -0.2) is 23.3 Å². The van der Waals surface area contributed by atoms with Gasteiger partial charge in [0.1, 0.15) is 0 Å². The van der Waals surface area contributed by atoms with E-state index in [1.807, 2.05) is 25.2 Å². The van der Waals surface area contributed by atoms with E-state index in [0.717, 1.165) is 12.8 Å². The van der Waals surface area contributed by atoms with Crippen LogP contribution in [0.5, 0.6) is 0 Å². The van der Waals surface area contributed by atoms with Gasteiger partial charge in [-0.15, -0.1) is 48.8 Å². The molecule has 0 saturated heterocycles. The quantitative estimate of drug-likeness (QED) is 0.294. The first kappa shape index (κ1) is 20.9. The van der Waals surface area contributed by atoms with Gasteiger partial charge in [0.15, 0.2) is 0 Å². The summed E-state index contributed by atoms with van der Waals surface area (Å²) in [5.74, 6) is 0. The third kappa shape index (κ3) is 19.0. The van der Waals surface area contributed by atoms with Crippen molar-refractivity contribution in [2.45, 2.75) is 39.8 Å². The van der Waals surface area contributed by atoms with Gasteiger partial charge in [-0.1, -0.05) is 0 Å². The molecule has 0 unspecified atom stereocenters. The molecule has 2 aliphatic carbocycles. The van der Waals surface area contributed by atoms with E-state index in [1.165, 1.54) is 11.1 Å². The van der Waals surface area contributed by atoms with Crippen LogP contribution in [0, 0.1) is 12.2 Å². The Bertz CT molecular complexity index is 297. The van der Waals surface area contributed by atoms with Crippen LogP contribution in [0.25, 0.3) is 0 Å². The van der Waals surface area contributed by atoms with Crippen molar-refractivity contribution in [3.63, 3.8) is 0 Å². The topological polar surface area (TPSA) is 0 Å². The van der Waals surface area contributed by atoms with Crippen molar-refractivity contribution in [1.82, 2.24) is 0 Å². The van der Waals surface area contributed by atoms with Gasteiger partial charge < -0.3 is 0 Å². The van der Waals surface area contributed by atoms with Crippen LogP contribution in [-0.4, -0.2) is 6.69 Å². The minimum atomic E-state index is -1.67. The van der Waals surface area contributed by atoms with E-state index in [4.69, 9.17) is 22.2 Å². The van der Waals surface area contributed by atoms with Crippen LogP contribution in [0.3, 0.4) is 0 Å². The molecule has 0 spiro atoms. The number of halogens is 2. The third-order valence-corrected chi connectivity index (χ3v) is 1.74. The molecule has 0 heterocycles. The van der Waals surface area contributed by atoms with E-state index in [1.54, 1.807) is 0 Å². The van der Waals surface area contributed by atoms with Crippen LogP contribution >= 0.6 is 22.2 Å². The Balaban J connectivity index is 0. The smallest absolute Gasteiger partial charge is 0.273 e. The van der Waals surface area contributed by atoms with E-state index < -0.39 is 6.69 Å². The summed E-state index contributed by atoms with van der Waals surface area (Å²) in [6, 6.07) is 0. The van der Waals surface area contributed by atoms with Gasteiger partial charge in [-0.05, 0) is 13.1 Å². The predicted molar refractivity (Wildman–Crippen MR) is 81.6 cm³/mol. The molecule has 0 amide bonds. The molecule has 0 N–H and O–H groups in total. The fourth-order valence-electron chi connectivity index (χ4n) is 0.998. The summed E-state index contributed by atoms with van der Waals surface area (Å²) in [7, 11) is 0. The molecule has 0 aromatic rings. The molecule has 0 bridgehead atoms. The zero-order valence-electron chi connectivity index (χ0n) is 11.5. The van der Waals surface area contributed by atoms with Crippen LogP contribution < -0.4 is 0 Å². The molecule has 98 valence electrons. The molecule has 0 aromatic heterocycles. The van der Waals surface area contributed by atoms with Crippen molar-refractivity contribution in [2.24, 2.45) is 0 Å². The van der Waals surface area contributed by atoms with Gasteiger partial charge in [-0.2, -0.15) is 12.2 Å². The number of hydrogen-bond donors (Lipinski definition) is 0. The fraction of sp³-hybridized carbons (Fsp3) is 0.429. The summed E-state index contributed by atoms with van der Waals surface area (Å²) in [4.78, 5) is 0. The third-order valence-electron chi connectivity index (χ3n) is 1.74. The Morgan fingerprint density at radius 2 is 1.22 bits per heavy atom. The molecule has 2 aliphatic rings. The van der Waals surface area contributed by atoms with Crippen molar-refractivity contribution >= 4 is 28.9 Å². The predicted octanol–water partition coefficient (Wildman–Crippen LogP) is 5.55. The second kappa shape index (κ2) is 11.5. The normalized spacial score (nSPS) is 15.7. The summed E-state index contributed by atoms with van der Waals surface area (Å²) in [5, 5.41) is 0. The zero-order valence-corrected chi connectivity index (χ0v) is 16.4. The van der Waals surface area contributed by atoms with Crippen LogP contribution in [0.1, 0.15) is 26.7 Å². The largest absolute Gasteiger partial charge is 2.00 e. The van der Waals surface area contributed by atoms with E-state index >= 15 is 0 Å². The van der Waals surface area contributed by atoms with E-state index in [2.05, 4.69) is 38.2 Å². The first-order valence-electron chi connectivity index (χ1n) is 5.63. The second-order valence-electron chi connectivity index (χ2n) is 4.33. The van der Waals surface area contributed by atoms with Crippen molar-refractivity contribution in [3.8, 4) is 0 Å². The molecule has 18 heavy (non-hydrogen) atoms. The molecule has 2 rings (SSSR count). The van der Waals surface area contributed by atoms with Gasteiger partial charge in [0.25, 0.3) is 0 Å². The maximum atomic E-state index is 5.43. The molecular formula is C14H20Cl2SiZr. The summed E-state index contributed by atoms with van der Waals surface area (Å²) in [5.41, 5.74) is 2.69. The van der Waals surface area contributed by atoms with Gasteiger partial charge in [-0.3, -0.25) is 12.2 Å². The Morgan fingerprint density at radius 1 is 0.944 bits per heavy atom. The molecule has 0 fully saturated rings. The van der Waals surface area contributed by atoms with Crippen LogP contribution in [-0.2, 0) is 26.2 Å². The molecule has 0 nitrogen and oxygen atoms in total. The fourth-order valence-corrected chi connectivity index (χ4v) is 0.998. The minimum Gasteiger partial charge on any atom is -0.273 e. The minimum absolute atomic E-state index is 0. The number of hydrogen-bond acceptors (Lipinski definition) is 0. The Labute approximate surface area is 141 Å². The van der Waals surface area contributed by atoms with Gasteiger partial charge in [0.2, 0.25) is 6.69 Å². The molecule has 0 radical (unpaired) electrons. The summed E-state index contributed by atoms with van der Waals surface area (Å²) < 4.78 is 0. The van der Waals surface area contributed by atoms with E-state index in [0.29, 0.717) is 0 Å².